The van der Waals surface area contributed by atoms with Crippen molar-refractivity contribution in [3.05, 3.63) is 0 Å². The summed E-state index contributed by atoms with van der Waals surface area (Å²) in [6.07, 6.45) is 7.01. The van der Waals surface area contributed by atoms with E-state index in [0.29, 0.717) is 13.2 Å². The Bertz CT molecular complexity index is 117. The van der Waals surface area contributed by atoms with Gasteiger partial charge in [0.15, 0.2) is 0 Å². The molecular formula is C11H26O3P+. The molecule has 0 fully saturated rings. The largest absolute Gasteiger partial charge is 0.697 e. The molecule has 0 aromatic heterocycles. The molecule has 0 aliphatic heterocycles. The molecule has 0 aliphatic carbocycles. The zero-order chi connectivity index (χ0) is 11.9. The molecule has 0 N–H and O–H groups in total. The molecule has 0 spiro atoms. The van der Waals surface area contributed by atoms with Gasteiger partial charge in [0.1, 0.15) is 13.2 Å². The second kappa shape index (κ2) is 16.4. The van der Waals surface area contributed by atoms with Crippen LogP contribution in [0.15, 0.2) is 0 Å². The van der Waals surface area contributed by atoms with E-state index in [9.17, 15) is 4.57 Å². The summed E-state index contributed by atoms with van der Waals surface area (Å²) in [6.45, 7) is 8.91. The zero-order valence-corrected chi connectivity index (χ0v) is 11.5. The molecule has 0 saturated carbocycles. The average molecular weight is 237 g/mol. The van der Waals surface area contributed by atoms with Crippen LogP contribution < -0.4 is 0 Å². The highest BCUT2D eigenvalue weighted by Gasteiger charge is 2.15. The van der Waals surface area contributed by atoms with Crippen LogP contribution in [0.4, 0.5) is 0 Å². The molecule has 0 unspecified atom stereocenters. The number of hydrogen-bond acceptors (Lipinski definition) is 3. The number of unbranched alkanes of at least 4 members (excludes halogenated alkanes) is 4. The summed E-state index contributed by atoms with van der Waals surface area (Å²) in [4.78, 5) is 0. The van der Waals surface area contributed by atoms with E-state index in [0.717, 1.165) is 0 Å². The van der Waals surface area contributed by atoms with Gasteiger partial charge < -0.3 is 0 Å². The Morgan fingerprint density at radius 2 is 1.20 bits per heavy atom. The molecule has 92 valence electrons. The van der Waals surface area contributed by atoms with E-state index in [1.165, 1.54) is 32.1 Å². The quantitative estimate of drug-likeness (QED) is 0.453. The Hall–Kier alpha value is 0.0200. The molecule has 15 heavy (non-hydrogen) atoms. The van der Waals surface area contributed by atoms with Crippen LogP contribution >= 0.6 is 8.25 Å². The van der Waals surface area contributed by atoms with Crippen molar-refractivity contribution in [2.45, 2.75) is 59.8 Å². The lowest BCUT2D eigenvalue weighted by Gasteiger charge is -1.90. The topological polar surface area (TPSA) is 35.5 Å². The van der Waals surface area contributed by atoms with Gasteiger partial charge in [0.05, 0.1) is 0 Å². The standard InChI is InChI=1S/C7H16.C4H10O3P/c1-3-5-7-6-4-2;1-3-6-8(5)7-4-2/h3-7H2,1-2H3;3-4H2,1-2H3/q;+1. The van der Waals surface area contributed by atoms with Crippen molar-refractivity contribution in [1.29, 1.82) is 0 Å². The summed E-state index contributed by atoms with van der Waals surface area (Å²) < 4.78 is 19.5. The van der Waals surface area contributed by atoms with Crippen molar-refractivity contribution in [1.82, 2.24) is 0 Å². The van der Waals surface area contributed by atoms with Gasteiger partial charge in [-0.1, -0.05) is 46.0 Å². The Kier molecular flexibility index (Phi) is 19.1. The average Bonchev–Trinajstić information content (AvgIpc) is 2.20. The van der Waals surface area contributed by atoms with Crippen LogP contribution in [0.3, 0.4) is 0 Å². The monoisotopic (exact) mass is 237 g/mol. The molecule has 0 aliphatic rings. The van der Waals surface area contributed by atoms with Crippen molar-refractivity contribution < 1.29 is 13.6 Å². The van der Waals surface area contributed by atoms with E-state index in [4.69, 9.17) is 0 Å². The summed E-state index contributed by atoms with van der Waals surface area (Å²) in [5.41, 5.74) is 0. The van der Waals surface area contributed by atoms with Gasteiger partial charge in [-0.2, -0.15) is 0 Å². The Balaban J connectivity index is 0. The molecule has 0 amide bonds. The summed E-state index contributed by atoms with van der Waals surface area (Å²) in [7, 11) is -1.83. The lowest BCUT2D eigenvalue weighted by Crippen LogP contribution is -1.81. The van der Waals surface area contributed by atoms with Gasteiger partial charge in [0.2, 0.25) is 0 Å². The Morgan fingerprint density at radius 3 is 1.47 bits per heavy atom. The first-order chi connectivity index (χ1) is 7.22. The molecule has 0 atom stereocenters. The molecule has 3 nitrogen and oxygen atoms in total. The number of rotatable bonds is 8. The van der Waals surface area contributed by atoms with Crippen LogP contribution in [0.5, 0.6) is 0 Å². The molecule has 0 radical (unpaired) electrons. The van der Waals surface area contributed by atoms with Gasteiger partial charge in [0, 0.05) is 4.57 Å². The summed E-state index contributed by atoms with van der Waals surface area (Å²) in [6, 6.07) is 0. The fraction of sp³-hybridized carbons (Fsp3) is 1.00. The second-order valence-corrected chi connectivity index (χ2v) is 4.08. The highest BCUT2D eigenvalue weighted by molar-refractivity contribution is 7.33. The molecule has 0 rings (SSSR count). The summed E-state index contributed by atoms with van der Waals surface area (Å²) in [5, 5.41) is 0. The van der Waals surface area contributed by atoms with E-state index >= 15 is 0 Å². The van der Waals surface area contributed by atoms with E-state index in [1.807, 2.05) is 0 Å². The van der Waals surface area contributed by atoms with Gasteiger partial charge in [-0.3, -0.25) is 0 Å². The molecule has 4 heteroatoms. The van der Waals surface area contributed by atoms with E-state index in [1.54, 1.807) is 13.8 Å². The summed E-state index contributed by atoms with van der Waals surface area (Å²) >= 11 is 0. The molecular weight excluding hydrogens is 211 g/mol. The molecule has 0 saturated heterocycles. The first-order valence-electron chi connectivity index (χ1n) is 5.95. The van der Waals surface area contributed by atoms with Crippen LogP contribution in [0.25, 0.3) is 0 Å². The van der Waals surface area contributed by atoms with Crippen molar-refractivity contribution >= 4 is 8.25 Å². The van der Waals surface area contributed by atoms with E-state index in [-0.39, 0.29) is 0 Å². The van der Waals surface area contributed by atoms with Gasteiger partial charge in [-0.25, -0.2) is 0 Å². The first-order valence-corrected chi connectivity index (χ1v) is 7.05. The Labute approximate surface area is 95.5 Å². The molecule has 0 bridgehead atoms. The van der Waals surface area contributed by atoms with Crippen molar-refractivity contribution in [3.8, 4) is 0 Å². The minimum Gasteiger partial charge on any atom is -0.119 e. The van der Waals surface area contributed by atoms with Crippen molar-refractivity contribution in [2.75, 3.05) is 13.2 Å². The third-order valence-corrected chi connectivity index (χ3v) is 2.61. The fourth-order valence-electron chi connectivity index (χ4n) is 0.925. The minimum atomic E-state index is -1.83. The normalized spacial score (nSPS) is 9.33. The van der Waals surface area contributed by atoms with Crippen molar-refractivity contribution in [2.24, 2.45) is 0 Å². The maximum atomic E-state index is 10.3. The lowest BCUT2D eigenvalue weighted by atomic mass is 10.2. The van der Waals surface area contributed by atoms with E-state index in [2.05, 4.69) is 22.9 Å². The molecule has 0 aromatic carbocycles. The molecule has 0 heterocycles. The lowest BCUT2D eigenvalue weighted by molar-refractivity contribution is 0.243. The molecule has 0 aromatic rings. The Morgan fingerprint density at radius 1 is 0.800 bits per heavy atom. The SMILES string of the molecule is CCCCCCC.CCO[P+](=O)OCC. The van der Waals surface area contributed by atoms with Gasteiger partial charge in [-0.05, 0) is 13.8 Å². The smallest absolute Gasteiger partial charge is 0.119 e. The van der Waals surface area contributed by atoms with Crippen LogP contribution in [0.1, 0.15) is 59.8 Å². The first kappa shape index (κ1) is 17.4. The second-order valence-electron chi connectivity index (χ2n) is 3.12. The maximum absolute atomic E-state index is 10.3. The zero-order valence-electron chi connectivity index (χ0n) is 10.6. The third kappa shape index (κ3) is 20.2. The van der Waals surface area contributed by atoms with Crippen LogP contribution in [0, 0.1) is 0 Å². The van der Waals surface area contributed by atoms with Gasteiger partial charge in [-0.15, -0.1) is 9.05 Å². The number of hydrogen-bond donors (Lipinski definition) is 0. The van der Waals surface area contributed by atoms with Crippen LogP contribution in [-0.4, -0.2) is 13.2 Å². The van der Waals surface area contributed by atoms with Gasteiger partial charge in [0.25, 0.3) is 0 Å². The minimum absolute atomic E-state index is 0.440. The summed E-state index contributed by atoms with van der Waals surface area (Å²) in [5.74, 6) is 0. The van der Waals surface area contributed by atoms with Crippen LogP contribution in [-0.2, 0) is 13.6 Å². The van der Waals surface area contributed by atoms with Crippen molar-refractivity contribution in [3.63, 3.8) is 0 Å². The maximum Gasteiger partial charge on any atom is 0.697 e. The van der Waals surface area contributed by atoms with E-state index < -0.39 is 8.25 Å². The fourth-order valence-corrected chi connectivity index (χ4v) is 1.42. The predicted molar refractivity (Wildman–Crippen MR) is 65.3 cm³/mol. The van der Waals surface area contributed by atoms with Gasteiger partial charge >= 0.3 is 8.25 Å². The highest BCUT2D eigenvalue weighted by atomic mass is 31.1. The predicted octanol–water partition coefficient (Wildman–Crippen LogP) is 4.69. The third-order valence-electron chi connectivity index (χ3n) is 1.68. The van der Waals surface area contributed by atoms with Crippen LogP contribution in [0.2, 0.25) is 0 Å². The highest BCUT2D eigenvalue weighted by Crippen LogP contribution is 2.21.